The zero-order chi connectivity index (χ0) is 7.33. The van der Waals surface area contributed by atoms with E-state index in [-0.39, 0.29) is 5.75 Å². The summed E-state index contributed by atoms with van der Waals surface area (Å²) in [4.78, 5) is 0. The number of rotatable bonds is 4. The maximum absolute atomic E-state index is 10.7. The minimum atomic E-state index is -2.99. The van der Waals surface area contributed by atoms with Gasteiger partial charge in [-0.1, -0.05) is 6.92 Å². The van der Waals surface area contributed by atoms with E-state index in [2.05, 4.69) is 4.72 Å². The molecule has 0 amide bonds. The van der Waals surface area contributed by atoms with Gasteiger partial charge in [-0.15, -0.1) is 0 Å². The maximum Gasteiger partial charge on any atom is 0.211 e. The van der Waals surface area contributed by atoms with Crippen LogP contribution in [0.5, 0.6) is 0 Å². The molecule has 0 aliphatic carbocycles. The first-order valence-corrected chi connectivity index (χ1v) is 4.55. The smallest absolute Gasteiger partial charge is 0.211 e. The first-order chi connectivity index (χ1) is 4.12. The van der Waals surface area contributed by atoms with E-state index in [0.29, 0.717) is 6.42 Å². The lowest BCUT2D eigenvalue weighted by Crippen LogP contribution is -2.22. The first-order valence-electron chi connectivity index (χ1n) is 2.90. The minimum absolute atomic E-state index is 0.206. The normalized spacial score (nSPS) is 11.8. The topological polar surface area (TPSA) is 46.2 Å². The van der Waals surface area contributed by atoms with Crippen molar-refractivity contribution in [2.75, 3.05) is 5.75 Å². The van der Waals surface area contributed by atoms with E-state index in [0.717, 1.165) is 0 Å². The molecule has 4 heteroatoms. The van der Waals surface area contributed by atoms with Gasteiger partial charge in [0.2, 0.25) is 10.0 Å². The zero-order valence-corrected chi connectivity index (χ0v) is 6.53. The summed E-state index contributed by atoms with van der Waals surface area (Å²) in [5.74, 6) is 0.206. The van der Waals surface area contributed by atoms with Crippen LogP contribution in [-0.2, 0) is 10.0 Å². The molecule has 0 rings (SSSR count). The van der Waals surface area contributed by atoms with E-state index in [1.807, 2.05) is 6.92 Å². The fourth-order valence-corrected chi connectivity index (χ4v) is 1.52. The van der Waals surface area contributed by atoms with Crippen molar-refractivity contribution in [3.05, 3.63) is 6.54 Å². The van der Waals surface area contributed by atoms with E-state index < -0.39 is 10.0 Å². The van der Waals surface area contributed by atoms with Crippen LogP contribution in [0, 0.1) is 6.54 Å². The Balaban J connectivity index is 3.73. The van der Waals surface area contributed by atoms with Crippen LogP contribution in [0.15, 0.2) is 0 Å². The summed E-state index contributed by atoms with van der Waals surface area (Å²) in [6.07, 6.45) is 0.656. The van der Waals surface area contributed by atoms with Crippen molar-refractivity contribution in [2.24, 2.45) is 0 Å². The Morgan fingerprint density at radius 2 is 2.11 bits per heavy atom. The van der Waals surface area contributed by atoms with Crippen LogP contribution in [0.1, 0.15) is 20.3 Å². The highest BCUT2D eigenvalue weighted by Gasteiger charge is 2.04. The van der Waals surface area contributed by atoms with Crippen LogP contribution in [0.2, 0.25) is 0 Å². The van der Waals surface area contributed by atoms with Crippen molar-refractivity contribution in [3.8, 4) is 0 Å². The van der Waals surface area contributed by atoms with Crippen molar-refractivity contribution in [1.82, 2.24) is 4.72 Å². The highest BCUT2D eigenvalue weighted by Crippen LogP contribution is 1.87. The van der Waals surface area contributed by atoms with Crippen LogP contribution in [0.25, 0.3) is 0 Å². The summed E-state index contributed by atoms with van der Waals surface area (Å²) in [6.45, 7) is 4.90. The molecule has 1 radical (unpaired) electrons. The lowest BCUT2D eigenvalue weighted by molar-refractivity contribution is 0.587. The molecule has 0 aromatic rings. The Kier molecular flexibility index (Phi) is 3.81. The summed E-state index contributed by atoms with van der Waals surface area (Å²) in [5, 5.41) is 0. The van der Waals surface area contributed by atoms with E-state index in [1.165, 1.54) is 6.54 Å². The molecule has 0 spiro atoms. The Labute approximate surface area is 56.5 Å². The van der Waals surface area contributed by atoms with Gasteiger partial charge in [-0.2, -0.15) is 0 Å². The lowest BCUT2D eigenvalue weighted by atomic mass is 10.6. The van der Waals surface area contributed by atoms with Gasteiger partial charge >= 0.3 is 0 Å². The van der Waals surface area contributed by atoms with E-state index in [9.17, 15) is 8.42 Å². The molecule has 9 heavy (non-hydrogen) atoms. The summed E-state index contributed by atoms with van der Waals surface area (Å²) >= 11 is 0. The summed E-state index contributed by atoms with van der Waals surface area (Å²) in [7, 11) is -2.99. The molecular formula is C5H12NO2S. The highest BCUT2D eigenvalue weighted by molar-refractivity contribution is 7.89. The molecule has 0 saturated carbocycles. The Morgan fingerprint density at radius 1 is 1.56 bits per heavy atom. The van der Waals surface area contributed by atoms with Crippen molar-refractivity contribution in [1.29, 1.82) is 0 Å². The molecule has 0 saturated heterocycles. The summed E-state index contributed by atoms with van der Waals surface area (Å²) in [5.41, 5.74) is 0. The second-order valence-corrected chi connectivity index (χ2v) is 3.60. The van der Waals surface area contributed by atoms with Crippen molar-refractivity contribution < 1.29 is 8.42 Å². The molecular weight excluding hydrogens is 138 g/mol. The van der Waals surface area contributed by atoms with Crippen LogP contribution in [0.4, 0.5) is 0 Å². The lowest BCUT2D eigenvalue weighted by Gasteiger charge is -1.99. The quantitative estimate of drug-likeness (QED) is 0.634. The third-order valence-electron chi connectivity index (χ3n) is 0.770. The number of nitrogens with one attached hydrogen (secondary N) is 1. The molecule has 0 unspecified atom stereocenters. The third-order valence-corrected chi connectivity index (χ3v) is 2.31. The molecule has 55 valence electrons. The molecule has 3 nitrogen and oxygen atoms in total. The standard InChI is InChI=1S/C5H12NO2S/c1-3-5-9(7,8)6-4-2/h4,6H,3,5H2,1-2H3. The van der Waals surface area contributed by atoms with Gasteiger partial charge in [0.1, 0.15) is 0 Å². The van der Waals surface area contributed by atoms with Crippen molar-refractivity contribution in [3.63, 3.8) is 0 Å². The van der Waals surface area contributed by atoms with Gasteiger partial charge < -0.3 is 0 Å². The molecule has 0 fully saturated rings. The molecule has 0 bridgehead atoms. The van der Waals surface area contributed by atoms with Gasteiger partial charge in [0.25, 0.3) is 0 Å². The average molecular weight is 150 g/mol. The Morgan fingerprint density at radius 3 is 2.44 bits per heavy atom. The summed E-state index contributed by atoms with van der Waals surface area (Å²) < 4.78 is 23.6. The molecule has 0 atom stereocenters. The van der Waals surface area contributed by atoms with Gasteiger partial charge in [0, 0.05) is 6.54 Å². The highest BCUT2D eigenvalue weighted by atomic mass is 32.2. The number of hydrogen-bond acceptors (Lipinski definition) is 2. The molecule has 0 aromatic carbocycles. The van der Waals surface area contributed by atoms with Crippen LogP contribution in [0.3, 0.4) is 0 Å². The van der Waals surface area contributed by atoms with E-state index >= 15 is 0 Å². The zero-order valence-electron chi connectivity index (χ0n) is 5.72. The van der Waals surface area contributed by atoms with Crippen LogP contribution < -0.4 is 4.72 Å². The van der Waals surface area contributed by atoms with Gasteiger partial charge in [0.15, 0.2) is 0 Å². The second kappa shape index (κ2) is 3.85. The fraction of sp³-hybridized carbons (Fsp3) is 0.800. The molecule has 0 aromatic heterocycles. The summed E-state index contributed by atoms with van der Waals surface area (Å²) in [6, 6.07) is 0. The molecule has 0 aliphatic heterocycles. The third kappa shape index (κ3) is 4.42. The Hall–Kier alpha value is -0.0900. The molecule has 0 aliphatic rings. The van der Waals surface area contributed by atoms with Crippen molar-refractivity contribution in [2.45, 2.75) is 20.3 Å². The van der Waals surface area contributed by atoms with Crippen LogP contribution >= 0.6 is 0 Å². The monoisotopic (exact) mass is 150 g/mol. The van der Waals surface area contributed by atoms with Gasteiger partial charge in [-0.05, 0) is 13.3 Å². The second-order valence-electron chi connectivity index (χ2n) is 1.73. The molecule has 1 N–H and O–H groups in total. The van der Waals surface area contributed by atoms with E-state index in [4.69, 9.17) is 0 Å². The predicted molar refractivity (Wildman–Crippen MR) is 37.2 cm³/mol. The van der Waals surface area contributed by atoms with E-state index in [1.54, 1.807) is 6.92 Å². The molecule has 0 heterocycles. The fourth-order valence-electron chi connectivity index (χ4n) is 0.507. The minimum Gasteiger partial charge on any atom is -0.212 e. The predicted octanol–water partition coefficient (Wildman–Crippen LogP) is 0.497. The largest absolute Gasteiger partial charge is 0.212 e. The Bertz CT molecular complexity index is 138. The average Bonchev–Trinajstić information content (AvgIpc) is 1.64. The number of hydrogen-bond donors (Lipinski definition) is 1. The van der Waals surface area contributed by atoms with Gasteiger partial charge in [0.05, 0.1) is 5.75 Å². The van der Waals surface area contributed by atoms with Crippen LogP contribution in [-0.4, -0.2) is 14.2 Å². The van der Waals surface area contributed by atoms with Crippen molar-refractivity contribution >= 4 is 10.0 Å². The SMILES string of the molecule is C[CH]NS(=O)(=O)CCC. The first kappa shape index (κ1) is 8.91. The van der Waals surface area contributed by atoms with Gasteiger partial charge in [-0.3, -0.25) is 0 Å². The number of sulfonamides is 1. The van der Waals surface area contributed by atoms with Gasteiger partial charge in [-0.25, -0.2) is 13.1 Å². The maximum atomic E-state index is 10.7.